The maximum atomic E-state index is 11.2. The number of amides is 1. The molecule has 0 atom stereocenters. The van der Waals surface area contributed by atoms with Crippen LogP contribution in [0.4, 0.5) is 4.79 Å². The van der Waals surface area contributed by atoms with Crippen LogP contribution in [-0.2, 0) is 5.33 Å². The highest BCUT2D eigenvalue weighted by Gasteiger charge is 2.06. The molecular formula is C10H12BrNO2. The van der Waals surface area contributed by atoms with Crippen molar-refractivity contribution in [1.82, 2.24) is 4.90 Å². The largest absolute Gasteiger partial charge is 0.414 e. The summed E-state index contributed by atoms with van der Waals surface area (Å²) in [6.07, 6.45) is -0.364. The Hall–Kier alpha value is -1.03. The van der Waals surface area contributed by atoms with Crippen LogP contribution in [0.15, 0.2) is 24.3 Å². The molecule has 1 amide bonds. The molecule has 0 unspecified atom stereocenters. The zero-order valence-corrected chi connectivity index (χ0v) is 9.74. The van der Waals surface area contributed by atoms with Crippen LogP contribution < -0.4 is 4.74 Å². The summed E-state index contributed by atoms with van der Waals surface area (Å²) in [5, 5.41) is 0.750. The SMILES string of the molecule is CN(C)C(=O)Oc1cccc(CBr)c1. The normalized spacial score (nSPS) is 9.64. The Balaban J connectivity index is 2.72. The van der Waals surface area contributed by atoms with Crippen molar-refractivity contribution in [3.8, 4) is 5.75 Å². The van der Waals surface area contributed by atoms with Crippen molar-refractivity contribution in [3.05, 3.63) is 29.8 Å². The van der Waals surface area contributed by atoms with Crippen LogP contribution in [0.25, 0.3) is 0 Å². The van der Waals surface area contributed by atoms with Gasteiger partial charge in [-0.05, 0) is 17.7 Å². The highest BCUT2D eigenvalue weighted by molar-refractivity contribution is 9.08. The third kappa shape index (κ3) is 3.03. The van der Waals surface area contributed by atoms with Crippen LogP contribution in [0.1, 0.15) is 5.56 Å². The Morgan fingerprint density at radius 1 is 1.50 bits per heavy atom. The Kier molecular flexibility index (Phi) is 3.95. The van der Waals surface area contributed by atoms with Gasteiger partial charge in [0.25, 0.3) is 0 Å². The number of carbonyl (C=O) groups excluding carboxylic acids is 1. The van der Waals surface area contributed by atoms with Gasteiger partial charge in [-0.2, -0.15) is 0 Å². The minimum atomic E-state index is -0.364. The van der Waals surface area contributed by atoms with Gasteiger partial charge in [0, 0.05) is 19.4 Å². The maximum absolute atomic E-state index is 11.2. The minimum absolute atomic E-state index is 0.364. The number of benzene rings is 1. The van der Waals surface area contributed by atoms with Crippen LogP contribution in [0.2, 0.25) is 0 Å². The van der Waals surface area contributed by atoms with Crippen LogP contribution in [0.3, 0.4) is 0 Å². The lowest BCUT2D eigenvalue weighted by molar-refractivity contribution is 0.172. The summed E-state index contributed by atoms with van der Waals surface area (Å²) in [5.74, 6) is 0.570. The van der Waals surface area contributed by atoms with Gasteiger partial charge in [0.2, 0.25) is 0 Å². The van der Waals surface area contributed by atoms with Crippen LogP contribution in [0, 0.1) is 0 Å². The summed E-state index contributed by atoms with van der Waals surface area (Å²) in [4.78, 5) is 12.6. The fourth-order valence-corrected chi connectivity index (χ4v) is 1.23. The molecule has 0 N–H and O–H groups in total. The van der Waals surface area contributed by atoms with Gasteiger partial charge >= 0.3 is 6.09 Å². The summed E-state index contributed by atoms with van der Waals surface area (Å²) in [7, 11) is 3.30. The third-order valence-electron chi connectivity index (χ3n) is 1.62. The average Bonchev–Trinajstić information content (AvgIpc) is 2.18. The number of alkyl halides is 1. The van der Waals surface area contributed by atoms with E-state index in [9.17, 15) is 4.79 Å². The second kappa shape index (κ2) is 5.00. The monoisotopic (exact) mass is 257 g/mol. The molecule has 1 rings (SSSR count). The van der Waals surface area contributed by atoms with Gasteiger partial charge in [-0.25, -0.2) is 4.79 Å². The standard InChI is InChI=1S/C10H12BrNO2/c1-12(2)10(13)14-9-5-3-4-8(6-9)7-11/h3-6H,7H2,1-2H3. The quantitative estimate of drug-likeness (QED) is 0.763. The maximum Gasteiger partial charge on any atom is 0.414 e. The van der Waals surface area contributed by atoms with Crippen LogP contribution in [0.5, 0.6) is 5.75 Å². The number of hydrogen-bond acceptors (Lipinski definition) is 2. The van der Waals surface area contributed by atoms with E-state index in [0.29, 0.717) is 5.75 Å². The van der Waals surface area contributed by atoms with Crippen molar-refractivity contribution in [2.75, 3.05) is 14.1 Å². The lowest BCUT2D eigenvalue weighted by Crippen LogP contribution is -2.25. The number of hydrogen-bond donors (Lipinski definition) is 0. The number of carbonyl (C=O) groups is 1. The molecule has 0 saturated carbocycles. The van der Waals surface area contributed by atoms with Crippen molar-refractivity contribution in [1.29, 1.82) is 0 Å². The highest BCUT2D eigenvalue weighted by atomic mass is 79.9. The molecule has 3 nitrogen and oxygen atoms in total. The first-order chi connectivity index (χ1) is 6.63. The lowest BCUT2D eigenvalue weighted by atomic mass is 10.2. The smallest absolute Gasteiger partial charge is 0.410 e. The van der Waals surface area contributed by atoms with Gasteiger partial charge in [-0.15, -0.1) is 0 Å². The van der Waals surface area contributed by atoms with Gasteiger partial charge in [0.05, 0.1) is 0 Å². The first-order valence-corrected chi connectivity index (χ1v) is 5.29. The van der Waals surface area contributed by atoms with Gasteiger partial charge in [-0.3, -0.25) is 0 Å². The van der Waals surface area contributed by atoms with Gasteiger partial charge in [-0.1, -0.05) is 28.1 Å². The van der Waals surface area contributed by atoms with E-state index < -0.39 is 0 Å². The molecule has 0 bridgehead atoms. The van der Waals surface area contributed by atoms with Gasteiger partial charge in [0.1, 0.15) is 5.75 Å². The summed E-state index contributed by atoms with van der Waals surface area (Å²) >= 11 is 3.34. The highest BCUT2D eigenvalue weighted by Crippen LogP contribution is 2.15. The second-order valence-corrected chi connectivity index (χ2v) is 3.60. The molecule has 14 heavy (non-hydrogen) atoms. The number of rotatable bonds is 2. The van der Waals surface area contributed by atoms with Gasteiger partial charge < -0.3 is 9.64 Å². The molecule has 0 aliphatic carbocycles. The van der Waals surface area contributed by atoms with E-state index in [4.69, 9.17) is 4.74 Å². The van der Waals surface area contributed by atoms with E-state index in [2.05, 4.69) is 15.9 Å². The predicted octanol–water partition coefficient (Wildman–Crippen LogP) is 2.64. The Morgan fingerprint density at radius 2 is 2.21 bits per heavy atom. The number of ether oxygens (including phenoxy) is 1. The zero-order valence-electron chi connectivity index (χ0n) is 8.16. The third-order valence-corrected chi connectivity index (χ3v) is 2.27. The molecule has 0 radical (unpaired) electrons. The van der Waals surface area contributed by atoms with Crippen molar-refractivity contribution in [2.24, 2.45) is 0 Å². The molecule has 1 aromatic carbocycles. The topological polar surface area (TPSA) is 29.5 Å². The van der Waals surface area contributed by atoms with E-state index in [-0.39, 0.29) is 6.09 Å². The first kappa shape index (κ1) is 11.0. The molecule has 0 aromatic heterocycles. The van der Waals surface area contributed by atoms with E-state index in [1.165, 1.54) is 4.90 Å². The predicted molar refractivity (Wildman–Crippen MR) is 58.8 cm³/mol. The second-order valence-electron chi connectivity index (χ2n) is 3.04. The van der Waals surface area contributed by atoms with E-state index in [1.807, 2.05) is 18.2 Å². The Bertz CT molecular complexity index is 326. The first-order valence-electron chi connectivity index (χ1n) is 4.17. The Morgan fingerprint density at radius 3 is 2.79 bits per heavy atom. The molecular weight excluding hydrogens is 246 g/mol. The Labute approximate surface area is 91.8 Å². The molecule has 1 aromatic rings. The van der Waals surface area contributed by atoms with E-state index in [0.717, 1.165) is 10.9 Å². The zero-order chi connectivity index (χ0) is 10.6. The molecule has 0 aliphatic rings. The van der Waals surface area contributed by atoms with Gasteiger partial charge in [0.15, 0.2) is 0 Å². The molecule has 0 aliphatic heterocycles. The summed E-state index contributed by atoms with van der Waals surface area (Å²) in [6.45, 7) is 0. The van der Waals surface area contributed by atoms with E-state index in [1.54, 1.807) is 20.2 Å². The molecule has 0 saturated heterocycles. The molecule has 0 heterocycles. The summed E-state index contributed by atoms with van der Waals surface area (Å²) in [5.41, 5.74) is 1.08. The van der Waals surface area contributed by atoms with Crippen molar-refractivity contribution in [3.63, 3.8) is 0 Å². The molecule has 76 valence electrons. The molecule has 4 heteroatoms. The van der Waals surface area contributed by atoms with E-state index >= 15 is 0 Å². The number of halogens is 1. The summed E-state index contributed by atoms with van der Waals surface area (Å²) < 4.78 is 5.08. The van der Waals surface area contributed by atoms with Crippen LogP contribution >= 0.6 is 15.9 Å². The fraction of sp³-hybridized carbons (Fsp3) is 0.300. The average molecular weight is 258 g/mol. The lowest BCUT2D eigenvalue weighted by Gasteiger charge is -2.10. The van der Waals surface area contributed by atoms with Crippen molar-refractivity contribution < 1.29 is 9.53 Å². The minimum Gasteiger partial charge on any atom is -0.410 e. The van der Waals surface area contributed by atoms with Crippen LogP contribution in [-0.4, -0.2) is 25.1 Å². The number of nitrogens with zero attached hydrogens (tertiary/aromatic N) is 1. The molecule has 0 spiro atoms. The summed E-state index contributed by atoms with van der Waals surface area (Å²) in [6, 6.07) is 7.40. The fourth-order valence-electron chi connectivity index (χ4n) is 0.884. The van der Waals surface area contributed by atoms with Crippen molar-refractivity contribution in [2.45, 2.75) is 5.33 Å². The molecule has 0 fully saturated rings. The van der Waals surface area contributed by atoms with Crippen molar-refractivity contribution >= 4 is 22.0 Å².